The zero-order valence-corrected chi connectivity index (χ0v) is 13.7. The van der Waals surface area contributed by atoms with E-state index in [1.54, 1.807) is 6.33 Å². The zero-order chi connectivity index (χ0) is 16.4. The van der Waals surface area contributed by atoms with E-state index in [1.807, 2.05) is 35.2 Å². The Bertz CT molecular complexity index is 731. The minimum absolute atomic E-state index is 0.207. The molecule has 1 saturated heterocycles. The van der Waals surface area contributed by atoms with Gasteiger partial charge in [0, 0.05) is 30.4 Å². The Hall–Kier alpha value is -2.43. The van der Waals surface area contributed by atoms with Crippen molar-refractivity contribution < 1.29 is 4.79 Å². The average Bonchev–Trinajstić information content (AvgIpc) is 3.25. The maximum Gasteiger partial charge on any atom is 0.227 e. The summed E-state index contributed by atoms with van der Waals surface area (Å²) in [7, 11) is 0. The van der Waals surface area contributed by atoms with E-state index in [9.17, 15) is 4.79 Å². The number of carbonyl (C=O) groups excluding carboxylic acids is 1. The monoisotopic (exact) mass is 322 g/mol. The van der Waals surface area contributed by atoms with Crippen LogP contribution in [0.3, 0.4) is 0 Å². The van der Waals surface area contributed by atoms with Crippen LogP contribution in [0.25, 0.3) is 0 Å². The molecule has 0 spiro atoms. The number of rotatable bonds is 4. The number of hydrogen-bond donors (Lipinski definition) is 1. The summed E-state index contributed by atoms with van der Waals surface area (Å²) in [5.41, 5.74) is 3.53. The summed E-state index contributed by atoms with van der Waals surface area (Å²) in [6.07, 6.45) is 6.38. The number of likely N-dealkylation sites (tertiary alicyclic amines) is 1. The van der Waals surface area contributed by atoms with Gasteiger partial charge in [-0.05, 0) is 31.2 Å². The van der Waals surface area contributed by atoms with E-state index in [0.29, 0.717) is 6.42 Å². The van der Waals surface area contributed by atoms with Crippen molar-refractivity contribution in [2.75, 3.05) is 18.4 Å². The van der Waals surface area contributed by atoms with E-state index in [1.165, 1.54) is 11.3 Å². The number of nitrogens with one attached hydrogen (secondary N) is 1. The van der Waals surface area contributed by atoms with E-state index < -0.39 is 0 Å². The Morgan fingerprint density at radius 3 is 2.96 bits per heavy atom. The number of anilines is 1. The van der Waals surface area contributed by atoms with Crippen LogP contribution in [-0.4, -0.2) is 39.9 Å². The fourth-order valence-corrected chi connectivity index (χ4v) is 3.66. The summed E-state index contributed by atoms with van der Waals surface area (Å²) in [4.78, 5) is 23.2. The highest BCUT2D eigenvalue weighted by Crippen LogP contribution is 2.26. The minimum Gasteiger partial charge on any atom is -0.365 e. The molecule has 1 fully saturated rings. The largest absolute Gasteiger partial charge is 0.365 e. The predicted molar refractivity (Wildman–Crippen MR) is 92.8 cm³/mol. The van der Waals surface area contributed by atoms with Crippen LogP contribution in [0.4, 0.5) is 5.82 Å². The Balaban J connectivity index is 1.37. The van der Waals surface area contributed by atoms with E-state index in [4.69, 9.17) is 0 Å². The fourth-order valence-electron chi connectivity index (χ4n) is 3.66. The first kappa shape index (κ1) is 15.1. The third kappa shape index (κ3) is 3.11. The highest BCUT2D eigenvalue weighted by molar-refractivity contribution is 5.79. The molecule has 4 rings (SSSR count). The highest BCUT2D eigenvalue weighted by atomic mass is 16.2. The van der Waals surface area contributed by atoms with Crippen molar-refractivity contribution in [1.82, 2.24) is 14.9 Å². The molecule has 1 aliphatic carbocycles. The fraction of sp³-hybridized carbons (Fsp3) is 0.421. The van der Waals surface area contributed by atoms with Gasteiger partial charge in [-0.25, -0.2) is 9.97 Å². The van der Waals surface area contributed by atoms with Crippen LogP contribution in [0, 0.1) is 0 Å². The molecule has 1 aromatic carbocycles. The van der Waals surface area contributed by atoms with Crippen molar-refractivity contribution >= 4 is 11.7 Å². The smallest absolute Gasteiger partial charge is 0.227 e. The predicted octanol–water partition coefficient (Wildman–Crippen LogP) is 2.22. The third-order valence-electron chi connectivity index (χ3n) is 4.95. The Morgan fingerprint density at radius 1 is 1.21 bits per heavy atom. The van der Waals surface area contributed by atoms with E-state index in [0.717, 1.165) is 50.2 Å². The number of fused-ring (bicyclic) bond motifs is 1. The Morgan fingerprint density at radius 2 is 2.08 bits per heavy atom. The lowest BCUT2D eigenvalue weighted by Gasteiger charge is -2.18. The Kier molecular flexibility index (Phi) is 4.15. The molecule has 0 bridgehead atoms. The third-order valence-corrected chi connectivity index (χ3v) is 4.95. The molecule has 0 radical (unpaired) electrons. The van der Waals surface area contributed by atoms with Crippen LogP contribution in [0.15, 0.2) is 36.7 Å². The van der Waals surface area contributed by atoms with Crippen molar-refractivity contribution in [1.29, 1.82) is 0 Å². The van der Waals surface area contributed by atoms with Gasteiger partial charge in [-0.3, -0.25) is 4.79 Å². The van der Waals surface area contributed by atoms with Gasteiger partial charge in [-0.15, -0.1) is 0 Å². The summed E-state index contributed by atoms with van der Waals surface area (Å²) in [5, 5.41) is 3.54. The normalized spacial score (nSPS) is 19.3. The average molecular weight is 322 g/mol. The molecular weight excluding hydrogens is 300 g/mol. The number of aryl methyl sites for hydroxylation is 1. The van der Waals surface area contributed by atoms with Crippen molar-refractivity contribution in [3.63, 3.8) is 0 Å². The van der Waals surface area contributed by atoms with Gasteiger partial charge in [-0.1, -0.05) is 30.3 Å². The summed E-state index contributed by atoms with van der Waals surface area (Å²) in [6.45, 7) is 1.57. The van der Waals surface area contributed by atoms with Crippen LogP contribution in [0.5, 0.6) is 0 Å². The first-order valence-corrected chi connectivity index (χ1v) is 8.70. The molecule has 1 atom stereocenters. The van der Waals surface area contributed by atoms with Crippen LogP contribution in [0.1, 0.15) is 29.7 Å². The van der Waals surface area contributed by atoms with Gasteiger partial charge >= 0.3 is 0 Å². The number of hydrogen-bond acceptors (Lipinski definition) is 4. The maximum absolute atomic E-state index is 12.5. The molecule has 0 saturated carbocycles. The van der Waals surface area contributed by atoms with Gasteiger partial charge in [0.15, 0.2) is 0 Å². The van der Waals surface area contributed by atoms with Crippen molar-refractivity contribution in [2.45, 2.75) is 38.1 Å². The number of nitrogens with zero attached hydrogens (tertiary/aromatic N) is 3. The molecule has 1 aromatic heterocycles. The van der Waals surface area contributed by atoms with Crippen molar-refractivity contribution in [3.8, 4) is 0 Å². The van der Waals surface area contributed by atoms with Gasteiger partial charge in [0.2, 0.25) is 5.91 Å². The lowest BCUT2D eigenvalue weighted by molar-refractivity contribution is -0.129. The summed E-state index contributed by atoms with van der Waals surface area (Å²) in [5.74, 6) is 1.18. The molecular formula is C19H22N4O. The molecule has 5 heteroatoms. The summed E-state index contributed by atoms with van der Waals surface area (Å²) in [6, 6.07) is 10.2. The highest BCUT2D eigenvalue weighted by Gasteiger charge is 2.27. The number of amides is 1. The van der Waals surface area contributed by atoms with Gasteiger partial charge < -0.3 is 10.2 Å². The van der Waals surface area contributed by atoms with Gasteiger partial charge in [0.1, 0.15) is 12.1 Å². The molecule has 1 unspecified atom stereocenters. The molecule has 2 aromatic rings. The van der Waals surface area contributed by atoms with Crippen LogP contribution >= 0.6 is 0 Å². The van der Waals surface area contributed by atoms with E-state index in [-0.39, 0.29) is 11.9 Å². The lowest BCUT2D eigenvalue weighted by atomic mass is 10.1. The SMILES string of the molecule is O=C(Cc1ccccc1)N1CCC(Nc2ncnc3c2CCC3)C1. The van der Waals surface area contributed by atoms with Gasteiger partial charge in [0.25, 0.3) is 0 Å². The van der Waals surface area contributed by atoms with Gasteiger partial charge in [-0.2, -0.15) is 0 Å². The zero-order valence-electron chi connectivity index (χ0n) is 13.7. The van der Waals surface area contributed by atoms with E-state index >= 15 is 0 Å². The topological polar surface area (TPSA) is 58.1 Å². The number of aromatic nitrogens is 2. The molecule has 1 amide bonds. The second-order valence-electron chi connectivity index (χ2n) is 6.63. The number of carbonyl (C=O) groups is 1. The molecule has 5 nitrogen and oxygen atoms in total. The van der Waals surface area contributed by atoms with Crippen molar-refractivity contribution in [2.24, 2.45) is 0 Å². The Labute approximate surface area is 142 Å². The number of benzene rings is 1. The van der Waals surface area contributed by atoms with E-state index in [2.05, 4.69) is 15.3 Å². The molecule has 2 heterocycles. The van der Waals surface area contributed by atoms with Crippen LogP contribution in [0.2, 0.25) is 0 Å². The molecule has 124 valence electrons. The lowest BCUT2D eigenvalue weighted by Crippen LogP contribution is -2.32. The molecule has 1 aliphatic heterocycles. The molecule has 2 aliphatic rings. The maximum atomic E-state index is 12.5. The first-order chi connectivity index (χ1) is 11.8. The first-order valence-electron chi connectivity index (χ1n) is 8.70. The quantitative estimate of drug-likeness (QED) is 0.938. The summed E-state index contributed by atoms with van der Waals surface area (Å²) >= 11 is 0. The van der Waals surface area contributed by atoms with Crippen LogP contribution < -0.4 is 5.32 Å². The summed E-state index contributed by atoms with van der Waals surface area (Å²) < 4.78 is 0. The second-order valence-corrected chi connectivity index (χ2v) is 6.63. The van der Waals surface area contributed by atoms with Crippen LogP contribution in [-0.2, 0) is 24.1 Å². The minimum atomic E-state index is 0.207. The van der Waals surface area contributed by atoms with Crippen molar-refractivity contribution in [3.05, 3.63) is 53.5 Å². The second kappa shape index (κ2) is 6.59. The molecule has 1 N–H and O–H groups in total. The molecule has 24 heavy (non-hydrogen) atoms. The standard InChI is InChI=1S/C19H22N4O/c24-18(11-14-5-2-1-3-6-14)23-10-9-15(12-23)22-19-16-7-4-8-17(16)20-13-21-19/h1-3,5-6,13,15H,4,7-12H2,(H,20,21,22). The van der Waals surface area contributed by atoms with Gasteiger partial charge in [0.05, 0.1) is 6.42 Å².